The van der Waals surface area contributed by atoms with Crippen LogP contribution in [0.5, 0.6) is 0 Å². The van der Waals surface area contributed by atoms with Gasteiger partial charge < -0.3 is 9.80 Å². The minimum absolute atomic E-state index is 0.106. The van der Waals surface area contributed by atoms with Gasteiger partial charge in [0.2, 0.25) is 0 Å². The van der Waals surface area contributed by atoms with Crippen molar-refractivity contribution in [2.24, 2.45) is 0 Å². The lowest BCUT2D eigenvalue weighted by Crippen LogP contribution is -2.48. The first-order valence-corrected chi connectivity index (χ1v) is 11.9. The molecule has 0 saturated carbocycles. The summed E-state index contributed by atoms with van der Waals surface area (Å²) in [5, 5.41) is 9.70. The quantitative estimate of drug-likeness (QED) is 0.558. The number of nitriles is 1. The van der Waals surface area contributed by atoms with Crippen molar-refractivity contribution in [1.82, 2.24) is 14.8 Å². The predicted molar refractivity (Wildman–Crippen MR) is 133 cm³/mol. The van der Waals surface area contributed by atoms with Gasteiger partial charge in [-0.15, -0.1) is 0 Å². The van der Waals surface area contributed by atoms with E-state index >= 15 is 0 Å². The molecule has 170 valence electrons. The number of amides is 1. The molecular weight excluding hydrogens is 420 g/mol. The molecule has 0 spiro atoms. The number of piperidine rings is 1. The fraction of sp³-hybridized carbons (Fsp3) is 0.276. The number of pyridine rings is 1. The summed E-state index contributed by atoms with van der Waals surface area (Å²) in [6.07, 6.45) is 5.92. The molecule has 1 saturated heterocycles. The molecular formula is C29H28N4O. The summed E-state index contributed by atoms with van der Waals surface area (Å²) in [7, 11) is 0. The van der Waals surface area contributed by atoms with Crippen LogP contribution in [0.4, 0.5) is 0 Å². The van der Waals surface area contributed by atoms with Gasteiger partial charge >= 0.3 is 0 Å². The molecule has 1 fully saturated rings. The molecule has 0 radical (unpaired) electrons. The normalized spacial score (nSPS) is 20.6. The van der Waals surface area contributed by atoms with Crippen LogP contribution in [0.1, 0.15) is 52.9 Å². The third-order valence-electron chi connectivity index (χ3n) is 7.11. The average molecular weight is 449 g/mol. The molecule has 3 aromatic rings. The van der Waals surface area contributed by atoms with Gasteiger partial charge in [0.1, 0.15) is 0 Å². The molecule has 1 aromatic heterocycles. The Morgan fingerprint density at radius 2 is 1.68 bits per heavy atom. The van der Waals surface area contributed by atoms with Crippen molar-refractivity contribution in [1.29, 1.82) is 5.26 Å². The molecule has 2 aromatic carbocycles. The molecule has 0 aliphatic carbocycles. The summed E-state index contributed by atoms with van der Waals surface area (Å²) >= 11 is 0. The van der Waals surface area contributed by atoms with Gasteiger partial charge in [0.05, 0.1) is 23.0 Å². The Morgan fingerprint density at radius 1 is 0.971 bits per heavy atom. The molecule has 2 aliphatic rings. The Labute approximate surface area is 201 Å². The lowest BCUT2D eigenvalue weighted by molar-refractivity contribution is 0.0650. The lowest BCUT2D eigenvalue weighted by atomic mass is 9.89. The molecule has 3 heterocycles. The van der Waals surface area contributed by atoms with Gasteiger partial charge in [0.15, 0.2) is 0 Å². The summed E-state index contributed by atoms with van der Waals surface area (Å²) in [5.41, 5.74) is 4.61. The van der Waals surface area contributed by atoms with E-state index in [1.165, 1.54) is 0 Å². The largest absolute Gasteiger partial charge is 0.363 e. The summed E-state index contributed by atoms with van der Waals surface area (Å²) in [5.74, 6) is 0.215. The van der Waals surface area contributed by atoms with Crippen LogP contribution in [-0.4, -0.2) is 45.9 Å². The zero-order chi connectivity index (χ0) is 23.5. The third-order valence-corrected chi connectivity index (χ3v) is 7.11. The van der Waals surface area contributed by atoms with Gasteiger partial charge in [-0.25, -0.2) is 0 Å². The van der Waals surface area contributed by atoms with E-state index in [0.717, 1.165) is 54.0 Å². The van der Waals surface area contributed by atoms with Crippen LogP contribution in [0.25, 0.3) is 5.70 Å². The molecule has 1 amide bonds. The number of hydrogen-bond donors (Lipinski definition) is 0. The van der Waals surface area contributed by atoms with Crippen LogP contribution in [0.2, 0.25) is 0 Å². The molecule has 5 heteroatoms. The smallest absolute Gasteiger partial charge is 0.253 e. The molecule has 2 aliphatic heterocycles. The highest BCUT2D eigenvalue weighted by Gasteiger charge is 2.39. The Balaban J connectivity index is 1.41. The fourth-order valence-corrected chi connectivity index (χ4v) is 5.40. The second kappa shape index (κ2) is 9.52. The summed E-state index contributed by atoms with van der Waals surface area (Å²) in [6.45, 7) is 3.71. The number of nitrogens with zero attached hydrogens (tertiary/aromatic N) is 4. The van der Waals surface area contributed by atoms with Gasteiger partial charge in [0, 0.05) is 42.9 Å². The first-order chi connectivity index (χ1) is 16.7. The molecule has 0 bridgehead atoms. The number of aromatic nitrogens is 1. The first kappa shape index (κ1) is 21.9. The van der Waals surface area contributed by atoms with Crippen molar-refractivity contribution in [3.63, 3.8) is 0 Å². The van der Waals surface area contributed by atoms with E-state index in [9.17, 15) is 10.1 Å². The average Bonchev–Trinajstić information content (AvgIpc) is 3.26. The second-order valence-electron chi connectivity index (χ2n) is 9.03. The zero-order valence-electron chi connectivity index (χ0n) is 19.3. The highest BCUT2D eigenvalue weighted by molar-refractivity contribution is 5.94. The summed E-state index contributed by atoms with van der Waals surface area (Å²) < 4.78 is 0. The van der Waals surface area contributed by atoms with Crippen molar-refractivity contribution >= 4 is 11.6 Å². The van der Waals surface area contributed by atoms with Crippen LogP contribution >= 0.6 is 0 Å². The van der Waals surface area contributed by atoms with E-state index in [1.807, 2.05) is 71.8 Å². The first-order valence-electron chi connectivity index (χ1n) is 11.9. The molecule has 5 nitrogen and oxygen atoms in total. The van der Waals surface area contributed by atoms with Gasteiger partial charge in [0.25, 0.3) is 5.91 Å². The summed E-state index contributed by atoms with van der Waals surface area (Å²) in [4.78, 5) is 22.1. The maximum atomic E-state index is 12.9. The van der Waals surface area contributed by atoms with Crippen molar-refractivity contribution in [2.75, 3.05) is 13.1 Å². The van der Waals surface area contributed by atoms with Crippen LogP contribution in [0.3, 0.4) is 0 Å². The maximum Gasteiger partial charge on any atom is 0.253 e. The minimum atomic E-state index is 0.106. The molecule has 2 atom stereocenters. The van der Waals surface area contributed by atoms with E-state index in [0.29, 0.717) is 6.04 Å². The fourth-order valence-electron chi connectivity index (χ4n) is 5.40. The molecule has 5 rings (SSSR count). The van der Waals surface area contributed by atoms with Crippen LogP contribution < -0.4 is 0 Å². The van der Waals surface area contributed by atoms with Crippen LogP contribution in [-0.2, 0) is 0 Å². The van der Waals surface area contributed by atoms with Gasteiger partial charge in [-0.2, -0.15) is 5.26 Å². The number of hydrogen-bond acceptors (Lipinski definition) is 4. The number of benzene rings is 2. The van der Waals surface area contributed by atoms with E-state index in [4.69, 9.17) is 0 Å². The van der Waals surface area contributed by atoms with Gasteiger partial charge in [-0.1, -0.05) is 42.5 Å². The Hall–Kier alpha value is -3.91. The highest BCUT2D eigenvalue weighted by atomic mass is 16.2. The van der Waals surface area contributed by atoms with Crippen LogP contribution in [0.15, 0.2) is 85.1 Å². The van der Waals surface area contributed by atoms with Crippen molar-refractivity contribution in [3.05, 3.63) is 107 Å². The monoisotopic (exact) mass is 448 g/mol. The van der Waals surface area contributed by atoms with Crippen molar-refractivity contribution in [3.8, 4) is 6.07 Å². The minimum Gasteiger partial charge on any atom is -0.363 e. The third kappa shape index (κ3) is 4.08. The molecule has 34 heavy (non-hydrogen) atoms. The maximum absolute atomic E-state index is 12.9. The number of rotatable bonds is 4. The standard InChI is InChI=1S/C29H28N4O/c1-21-26(25-12-6-5-11-23(25)20-30)19-28(27-13-7-8-16-31-27)33(21)24-14-17-32(18-15-24)29(34)22-9-3-2-4-10-22/h2-13,16,19,21,24,26H,14-15,17-18H2,1H3. The topological polar surface area (TPSA) is 60.2 Å². The number of likely N-dealkylation sites (tertiary alicyclic amines) is 1. The van der Waals surface area contributed by atoms with Crippen molar-refractivity contribution < 1.29 is 4.79 Å². The Bertz CT molecular complexity index is 1220. The predicted octanol–water partition coefficient (Wildman–Crippen LogP) is 5.09. The number of carbonyl (C=O) groups is 1. The highest BCUT2D eigenvalue weighted by Crippen LogP contribution is 2.42. The van der Waals surface area contributed by atoms with Gasteiger partial charge in [-0.3, -0.25) is 9.78 Å². The molecule has 2 unspecified atom stereocenters. The molecule has 0 N–H and O–H groups in total. The Morgan fingerprint density at radius 3 is 2.38 bits per heavy atom. The van der Waals surface area contributed by atoms with E-state index < -0.39 is 0 Å². The van der Waals surface area contributed by atoms with Gasteiger partial charge in [-0.05, 0) is 61.7 Å². The number of carbonyl (C=O) groups excluding carboxylic acids is 1. The van der Waals surface area contributed by atoms with Crippen molar-refractivity contribution in [2.45, 2.75) is 37.8 Å². The lowest BCUT2D eigenvalue weighted by Gasteiger charge is -2.42. The Kier molecular flexibility index (Phi) is 6.14. The van der Waals surface area contributed by atoms with E-state index in [2.05, 4.69) is 41.1 Å². The SMILES string of the molecule is CC1C(c2ccccc2C#N)C=C(c2ccccn2)N1C1CCN(C(=O)c2ccccc2)CC1. The van der Waals surface area contributed by atoms with E-state index in [-0.39, 0.29) is 17.9 Å². The van der Waals surface area contributed by atoms with Crippen LogP contribution in [0, 0.1) is 11.3 Å². The summed E-state index contributed by atoms with van der Waals surface area (Å²) in [6, 6.07) is 26.3. The van der Waals surface area contributed by atoms with E-state index in [1.54, 1.807) is 0 Å². The zero-order valence-corrected chi connectivity index (χ0v) is 19.3. The second-order valence-corrected chi connectivity index (χ2v) is 9.03.